The minimum atomic E-state index is -0.554. The molecule has 0 atom stereocenters. The maximum atomic E-state index is 12.2. The standard InChI is InChI=1S/C20H20ClN3O4/c21-13-6-9-22-15(10-13)19(26)23-12-18(25)24-14-4-5-16-17(11-14)28-20(27-16)7-2-1-3-8-20/h4-6,9-11H,1-3,7-8,12H2,(H,23,26)(H,24,25). The Labute approximate surface area is 167 Å². The van der Waals surface area contributed by atoms with E-state index in [2.05, 4.69) is 15.6 Å². The van der Waals surface area contributed by atoms with Gasteiger partial charge in [0.1, 0.15) is 5.69 Å². The zero-order valence-corrected chi connectivity index (χ0v) is 15.9. The van der Waals surface area contributed by atoms with Crippen LogP contribution in [0.3, 0.4) is 0 Å². The van der Waals surface area contributed by atoms with Gasteiger partial charge in [-0.15, -0.1) is 0 Å². The number of nitrogens with zero attached hydrogens (tertiary/aromatic N) is 1. The van der Waals surface area contributed by atoms with E-state index in [1.807, 2.05) is 0 Å². The summed E-state index contributed by atoms with van der Waals surface area (Å²) in [6, 6.07) is 8.30. The van der Waals surface area contributed by atoms with E-state index in [1.165, 1.54) is 18.7 Å². The van der Waals surface area contributed by atoms with E-state index >= 15 is 0 Å². The summed E-state index contributed by atoms with van der Waals surface area (Å²) in [7, 11) is 0. The lowest BCUT2D eigenvalue weighted by atomic mass is 9.94. The lowest BCUT2D eigenvalue weighted by Gasteiger charge is -2.31. The summed E-state index contributed by atoms with van der Waals surface area (Å²) in [6.07, 6.45) is 6.53. The van der Waals surface area contributed by atoms with Crippen molar-refractivity contribution in [2.75, 3.05) is 11.9 Å². The number of benzene rings is 1. The normalized spacial score (nSPS) is 16.6. The minimum absolute atomic E-state index is 0.154. The van der Waals surface area contributed by atoms with Crippen LogP contribution in [-0.4, -0.2) is 29.1 Å². The topological polar surface area (TPSA) is 89.6 Å². The van der Waals surface area contributed by atoms with Crippen molar-refractivity contribution in [3.8, 4) is 11.5 Å². The molecule has 1 spiro atoms. The first-order chi connectivity index (χ1) is 13.5. The molecular weight excluding hydrogens is 382 g/mol. The number of amides is 2. The molecule has 1 fully saturated rings. The molecule has 2 aromatic rings. The molecular formula is C20H20ClN3O4. The Hall–Kier alpha value is -2.80. The first-order valence-electron chi connectivity index (χ1n) is 9.25. The van der Waals surface area contributed by atoms with Crippen LogP contribution in [0, 0.1) is 0 Å². The number of pyridine rings is 1. The number of aromatic nitrogens is 1. The Balaban J connectivity index is 1.33. The second kappa shape index (κ2) is 7.67. The molecule has 1 aromatic heterocycles. The van der Waals surface area contributed by atoms with Crippen molar-refractivity contribution in [3.63, 3.8) is 0 Å². The molecule has 0 unspecified atom stereocenters. The van der Waals surface area contributed by atoms with E-state index in [-0.39, 0.29) is 18.1 Å². The van der Waals surface area contributed by atoms with Gasteiger partial charge in [0.05, 0.1) is 6.54 Å². The first-order valence-corrected chi connectivity index (χ1v) is 9.63. The van der Waals surface area contributed by atoms with E-state index in [0.717, 1.165) is 25.7 Å². The Kier molecular flexibility index (Phi) is 5.09. The molecule has 1 aliphatic heterocycles. The average Bonchev–Trinajstić information content (AvgIpc) is 3.03. The minimum Gasteiger partial charge on any atom is -0.448 e. The Morgan fingerprint density at radius 1 is 1.07 bits per heavy atom. The molecule has 4 rings (SSSR count). The van der Waals surface area contributed by atoms with Crippen LogP contribution in [0.25, 0.3) is 0 Å². The van der Waals surface area contributed by atoms with Crippen molar-refractivity contribution in [2.24, 2.45) is 0 Å². The molecule has 2 amide bonds. The Bertz CT molecular complexity index is 912. The van der Waals surface area contributed by atoms with Gasteiger partial charge in [0.25, 0.3) is 11.7 Å². The lowest BCUT2D eigenvalue weighted by molar-refractivity contribution is -0.115. The van der Waals surface area contributed by atoms with Crippen molar-refractivity contribution in [3.05, 3.63) is 47.2 Å². The van der Waals surface area contributed by atoms with Crippen LogP contribution in [0.4, 0.5) is 5.69 Å². The van der Waals surface area contributed by atoms with Crippen LogP contribution in [-0.2, 0) is 4.79 Å². The average molecular weight is 402 g/mol. The van der Waals surface area contributed by atoms with Crippen LogP contribution in [0.5, 0.6) is 11.5 Å². The molecule has 0 radical (unpaired) electrons. The second-order valence-electron chi connectivity index (χ2n) is 6.93. The molecule has 146 valence electrons. The molecule has 1 aliphatic carbocycles. The third-order valence-electron chi connectivity index (χ3n) is 4.80. The third-order valence-corrected chi connectivity index (χ3v) is 5.03. The van der Waals surface area contributed by atoms with E-state index < -0.39 is 11.7 Å². The number of carbonyl (C=O) groups is 2. The lowest BCUT2D eigenvalue weighted by Crippen LogP contribution is -2.40. The van der Waals surface area contributed by atoms with Gasteiger partial charge in [0.15, 0.2) is 11.5 Å². The second-order valence-corrected chi connectivity index (χ2v) is 7.36. The van der Waals surface area contributed by atoms with Crippen LogP contribution in [0.1, 0.15) is 42.6 Å². The number of ether oxygens (including phenoxy) is 2. The van der Waals surface area contributed by atoms with Gasteiger partial charge >= 0.3 is 0 Å². The number of anilines is 1. The van der Waals surface area contributed by atoms with Gasteiger partial charge in [0, 0.05) is 35.8 Å². The van der Waals surface area contributed by atoms with E-state index in [1.54, 1.807) is 24.3 Å². The SMILES string of the molecule is O=C(CNC(=O)c1cc(Cl)ccn1)Nc1ccc2c(c1)OC1(CCCCC1)O2. The fourth-order valence-corrected chi connectivity index (χ4v) is 3.61. The van der Waals surface area contributed by atoms with Gasteiger partial charge in [-0.05, 0) is 37.1 Å². The molecule has 0 saturated heterocycles. The van der Waals surface area contributed by atoms with Gasteiger partial charge in [-0.25, -0.2) is 0 Å². The molecule has 28 heavy (non-hydrogen) atoms. The number of hydrogen-bond acceptors (Lipinski definition) is 5. The molecule has 2 aliphatic rings. The van der Waals surface area contributed by atoms with E-state index in [0.29, 0.717) is 22.2 Å². The third kappa shape index (κ3) is 4.04. The molecule has 2 heterocycles. The number of carbonyl (C=O) groups excluding carboxylic acids is 2. The maximum Gasteiger partial charge on any atom is 0.270 e. The number of fused-ring (bicyclic) bond motifs is 1. The number of rotatable bonds is 4. The molecule has 8 heteroatoms. The van der Waals surface area contributed by atoms with Gasteiger partial charge < -0.3 is 20.1 Å². The van der Waals surface area contributed by atoms with E-state index in [4.69, 9.17) is 21.1 Å². The number of hydrogen-bond donors (Lipinski definition) is 2. The largest absolute Gasteiger partial charge is 0.448 e. The predicted molar refractivity (Wildman–Crippen MR) is 104 cm³/mol. The van der Waals surface area contributed by atoms with Gasteiger partial charge in [0.2, 0.25) is 5.91 Å². The van der Waals surface area contributed by atoms with Crippen molar-refractivity contribution < 1.29 is 19.1 Å². The van der Waals surface area contributed by atoms with Crippen molar-refractivity contribution in [1.29, 1.82) is 0 Å². The Morgan fingerprint density at radius 2 is 1.86 bits per heavy atom. The summed E-state index contributed by atoms with van der Waals surface area (Å²) in [5.41, 5.74) is 0.733. The van der Waals surface area contributed by atoms with Crippen LogP contribution >= 0.6 is 11.6 Å². The molecule has 1 aromatic carbocycles. The predicted octanol–water partition coefficient (Wildman–Crippen LogP) is 3.54. The highest BCUT2D eigenvalue weighted by Crippen LogP contribution is 2.46. The van der Waals surface area contributed by atoms with Crippen molar-refractivity contribution in [1.82, 2.24) is 10.3 Å². The van der Waals surface area contributed by atoms with Crippen molar-refractivity contribution in [2.45, 2.75) is 37.9 Å². The monoisotopic (exact) mass is 401 g/mol. The molecule has 2 N–H and O–H groups in total. The summed E-state index contributed by atoms with van der Waals surface area (Å²) < 4.78 is 12.1. The molecule has 7 nitrogen and oxygen atoms in total. The fraction of sp³-hybridized carbons (Fsp3) is 0.350. The maximum absolute atomic E-state index is 12.2. The van der Waals surface area contributed by atoms with E-state index in [9.17, 15) is 9.59 Å². The zero-order valence-electron chi connectivity index (χ0n) is 15.2. The highest BCUT2D eigenvalue weighted by atomic mass is 35.5. The number of nitrogens with one attached hydrogen (secondary N) is 2. The van der Waals surface area contributed by atoms with Gasteiger partial charge in [-0.3, -0.25) is 14.6 Å². The summed E-state index contributed by atoms with van der Waals surface area (Å²) in [5.74, 6) is -0.0578. The summed E-state index contributed by atoms with van der Waals surface area (Å²) in [5, 5.41) is 5.67. The summed E-state index contributed by atoms with van der Waals surface area (Å²) in [4.78, 5) is 28.1. The van der Waals surface area contributed by atoms with Gasteiger partial charge in [-0.1, -0.05) is 18.0 Å². The summed E-state index contributed by atoms with van der Waals surface area (Å²) in [6.45, 7) is -0.189. The molecule has 1 saturated carbocycles. The fourth-order valence-electron chi connectivity index (χ4n) is 3.45. The highest BCUT2D eigenvalue weighted by molar-refractivity contribution is 6.30. The number of halogens is 1. The van der Waals surface area contributed by atoms with Crippen LogP contribution in [0.15, 0.2) is 36.5 Å². The first kappa shape index (κ1) is 18.6. The van der Waals surface area contributed by atoms with Gasteiger partial charge in [-0.2, -0.15) is 0 Å². The van der Waals surface area contributed by atoms with Crippen molar-refractivity contribution >= 4 is 29.1 Å². The van der Waals surface area contributed by atoms with Crippen LogP contribution < -0.4 is 20.1 Å². The summed E-state index contributed by atoms with van der Waals surface area (Å²) >= 11 is 5.84. The quantitative estimate of drug-likeness (QED) is 0.817. The smallest absolute Gasteiger partial charge is 0.270 e. The Morgan fingerprint density at radius 3 is 2.64 bits per heavy atom. The zero-order chi connectivity index (χ0) is 19.6. The highest BCUT2D eigenvalue weighted by Gasteiger charge is 2.42. The molecule has 0 bridgehead atoms. The van der Waals surface area contributed by atoms with Crippen LogP contribution in [0.2, 0.25) is 5.02 Å².